The summed E-state index contributed by atoms with van der Waals surface area (Å²) >= 11 is 0. The van der Waals surface area contributed by atoms with Gasteiger partial charge in [-0.25, -0.2) is 0 Å². The number of carbonyl (C=O) groups is 1. The quantitative estimate of drug-likeness (QED) is 0.385. The van der Waals surface area contributed by atoms with Crippen LogP contribution in [-0.2, 0) is 9.36 Å². The van der Waals surface area contributed by atoms with Crippen molar-refractivity contribution in [2.45, 2.75) is 0 Å². The van der Waals surface area contributed by atoms with Crippen LogP contribution in [0.5, 0.6) is 0 Å². The van der Waals surface area contributed by atoms with Gasteiger partial charge in [0.15, 0.2) is 0 Å². The molecule has 0 saturated carbocycles. The third-order valence-electron chi connectivity index (χ3n) is 0.357. The van der Waals surface area contributed by atoms with Gasteiger partial charge in [0.2, 0.25) is 0 Å². The van der Waals surface area contributed by atoms with Gasteiger partial charge < -0.3 is 6.15 Å². The van der Waals surface area contributed by atoms with Crippen LogP contribution >= 0.6 is 7.92 Å². The molecular formula is C3H7N2O3P. The smallest absolute Gasteiger partial charge is 0.369 e. The Bertz CT molecular complexity index is 172. The van der Waals surface area contributed by atoms with Gasteiger partial charge in [-0.3, -0.25) is 0 Å². The van der Waals surface area contributed by atoms with Gasteiger partial charge in [0.1, 0.15) is 0 Å². The predicted octanol–water partition coefficient (Wildman–Crippen LogP) is -1.09. The predicted molar refractivity (Wildman–Crippen MR) is 30.5 cm³/mol. The molecule has 0 aromatic rings. The number of hydrogen-bond donors (Lipinski definition) is 2. The molecule has 0 radical (unpaired) electrons. The largest absolute Gasteiger partial charge is 0.369 e. The van der Waals surface area contributed by atoms with E-state index in [-0.39, 0.29) is 20.6 Å². The molecule has 0 aromatic heterocycles. The maximum absolute atomic E-state index is 9.56. The topological polar surface area (TPSA) is 106 Å². The molecule has 0 fully saturated rings. The number of carboxylic acid groups (broad SMARTS) is 1. The second-order valence-corrected chi connectivity index (χ2v) is 1.33. The molecule has 0 amide bonds. The van der Waals surface area contributed by atoms with Gasteiger partial charge in [-0.05, 0) is 0 Å². The Morgan fingerprint density at radius 3 is 2.67 bits per heavy atom. The van der Waals surface area contributed by atoms with Crippen molar-refractivity contribution in [3.63, 3.8) is 0 Å². The Hall–Kier alpha value is -0.600. The van der Waals surface area contributed by atoms with E-state index in [1.807, 2.05) is 5.75 Å². The van der Waals surface area contributed by atoms with Gasteiger partial charge in [0, 0.05) is 0 Å². The zero-order valence-corrected chi connectivity index (χ0v) is 5.77. The number of rotatable bonds is 2. The van der Waals surface area contributed by atoms with Crippen molar-refractivity contribution in [2.75, 3.05) is 6.54 Å². The van der Waals surface area contributed by atoms with Crippen molar-refractivity contribution in [2.24, 2.45) is 0 Å². The van der Waals surface area contributed by atoms with E-state index in [2.05, 4.69) is 5.32 Å². The first-order chi connectivity index (χ1) is 3.77. The first-order valence-corrected chi connectivity index (χ1v) is 2.58. The van der Waals surface area contributed by atoms with Crippen molar-refractivity contribution in [1.82, 2.24) is 11.5 Å². The second kappa shape index (κ2) is 7.40. The monoisotopic (exact) mass is 150 g/mol. The molecular weight excluding hydrogens is 143 g/mol. The van der Waals surface area contributed by atoms with E-state index in [9.17, 15) is 14.5 Å². The molecule has 0 atom stereocenters. The average molecular weight is 150 g/mol. The molecule has 0 aliphatic heterocycles. The number of carboxylic acids is 1. The van der Waals surface area contributed by atoms with Crippen LogP contribution in [0.1, 0.15) is 0 Å². The van der Waals surface area contributed by atoms with Crippen molar-refractivity contribution >= 4 is 13.9 Å². The molecule has 0 aromatic carbocycles. The normalized spacial score (nSPS) is 6.67. The summed E-state index contributed by atoms with van der Waals surface area (Å²) in [6.45, 7) is -0.352. The Morgan fingerprint density at radius 2 is 2.33 bits per heavy atom. The minimum Gasteiger partial charge on any atom is -0.369 e. The van der Waals surface area contributed by atoms with Crippen LogP contribution in [-0.4, -0.2) is 12.5 Å². The molecule has 0 spiro atoms. The Kier molecular flexibility index (Phi) is 9.23. The summed E-state index contributed by atoms with van der Waals surface area (Å²) in [5, 5.41) is 11.7. The van der Waals surface area contributed by atoms with E-state index >= 15 is 0 Å². The fourth-order valence-corrected chi connectivity index (χ4v) is 0.288. The number of hydrogen-bond acceptors (Lipinski definition) is 4. The van der Waals surface area contributed by atoms with Gasteiger partial charge >= 0.3 is 46.0 Å². The number of carbonyl (C=O) groups excluding carboxylic acids is 1. The van der Waals surface area contributed by atoms with Crippen LogP contribution in [0.2, 0.25) is 0 Å². The molecule has 6 heteroatoms. The van der Waals surface area contributed by atoms with Crippen molar-refractivity contribution in [1.29, 1.82) is 0 Å². The van der Waals surface area contributed by atoms with Crippen LogP contribution in [0.15, 0.2) is 0 Å². The van der Waals surface area contributed by atoms with Crippen molar-refractivity contribution in [3.05, 3.63) is 0 Å². The fourth-order valence-electron chi connectivity index (χ4n) is 0.144. The van der Waals surface area contributed by atoms with Gasteiger partial charge in [0.25, 0.3) is 0 Å². The number of aliphatic carboxylic acids is 1. The maximum Gasteiger partial charge on any atom is -0.369 e. The molecule has 5 nitrogen and oxygen atoms in total. The van der Waals surface area contributed by atoms with Gasteiger partial charge in [-0.15, -0.1) is 0 Å². The zero-order valence-electron chi connectivity index (χ0n) is 4.88. The molecule has 0 bridgehead atoms. The molecule has 0 heterocycles. The van der Waals surface area contributed by atoms with Crippen molar-refractivity contribution in [3.8, 4) is 5.75 Å². The molecule has 0 rings (SSSR count). The molecule has 52 valence electrons. The second-order valence-electron chi connectivity index (χ2n) is 0.929. The molecule has 5 N–H and O–H groups in total. The molecule has 0 unspecified atom stereocenters. The maximum atomic E-state index is 9.56. The van der Waals surface area contributed by atoms with Crippen LogP contribution in [0, 0.1) is 5.75 Å². The van der Waals surface area contributed by atoms with Crippen LogP contribution in [0.3, 0.4) is 0 Å². The summed E-state index contributed by atoms with van der Waals surface area (Å²) in [5.74, 6) is 0.776. The van der Waals surface area contributed by atoms with E-state index in [1.54, 1.807) is 0 Å². The summed E-state index contributed by atoms with van der Waals surface area (Å²) in [6, 6.07) is 0. The molecule has 0 saturated heterocycles. The van der Waals surface area contributed by atoms with Gasteiger partial charge in [-0.2, -0.15) is 0 Å². The van der Waals surface area contributed by atoms with E-state index in [4.69, 9.17) is 0 Å². The first-order valence-electron chi connectivity index (χ1n) is 1.77. The summed E-state index contributed by atoms with van der Waals surface area (Å²) in [5.41, 5.74) is 0. The van der Waals surface area contributed by atoms with Crippen LogP contribution < -0.4 is 16.6 Å². The average Bonchev–Trinajstić information content (AvgIpc) is 1.66. The third kappa shape index (κ3) is 11.1. The van der Waals surface area contributed by atoms with Crippen LogP contribution in [0.4, 0.5) is 0 Å². The number of quaternary nitrogens is 1. The summed E-state index contributed by atoms with van der Waals surface area (Å²) in [7, 11) is -0.352. The number of nitrogens with one attached hydrogen (secondary N) is 1. The standard InChI is InChI=1S/C3H4NO3P.H3N/c5-3(6)1-4-2-8-7;/h4H,1H2,(H,5,6);1H3. The molecule has 0 aliphatic carbocycles. The van der Waals surface area contributed by atoms with E-state index in [0.717, 1.165) is 0 Å². The Labute approximate surface area is 53.2 Å². The zero-order chi connectivity index (χ0) is 6.41. The molecule has 9 heavy (non-hydrogen) atoms. The first kappa shape index (κ1) is 11.2. The van der Waals surface area contributed by atoms with E-state index in [1.165, 1.54) is 0 Å². The SMILES string of the molecule is O=P#CNCC(=O)[O-].[NH4+]. The third-order valence-corrected chi connectivity index (χ3v) is 0.607. The minimum absolute atomic E-state index is 0. The van der Waals surface area contributed by atoms with Gasteiger partial charge in [-0.1, -0.05) is 0 Å². The molecule has 0 aliphatic rings. The summed E-state index contributed by atoms with van der Waals surface area (Å²) in [6.07, 6.45) is 0. The van der Waals surface area contributed by atoms with Crippen molar-refractivity contribution < 1.29 is 14.5 Å². The van der Waals surface area contributed by atoms with Gasteiger partial charge in [0.05, 0.1) is 0 Å². The minimum atomic E-state index is -1.25. The summed E-state index contributed by atoms with van der Waals surface area (Å²) in [4.78, 5) is 9.56. The fraction of sp³-hybridized carbons (Fsp3) is 0.333. The van der Waals surface area contributed by atoms with Crippen LogP contribution in [0.25, 0.3) is 0 Å². The Balaban J connectivity index is 0. The summed E-state index contributed by atoms with van der Waals surface area (Å²) < 4.78 is 9.50. The van der Waals surface area contributed by atoms with E-state index < -0.39 is 5.97 Å². The Morgan fingerprint density at radius 1 is 1.78 bits per heavy atom. The van der Waals surface area contributed by atoms with E-state index in [0.29, 0.717) is 0 Å².